The van der Waals surface area contributed by atoms with E-state index in [1.54, 1.807) is 4.90 Å². The van der Waals surface area contributed by atoms with Gasteiger partial charge in [-0.15, -0.1) is 0 Å². The van der Waals surface area contributed by atoms with Crippen molar-refractivity contribution in [1.82, 2.24) is 9.80 Å². The van der Waals surface area contributed by atoms with Crippen molar-refractivity contribution in [2.75, 3.05) is 6.54 Å². The second-order valence-corrected chi connectivity index (χ2v) is 11.1. The number of amides is 2. The van der Waals surface area contributed by atoms with E-state index in [0.717, 1.165) is 16.7 Å². The molecule has 2 atom stereocenters. The Morgan fingerprint density at radius 3 is 2.13 bits per heavy atom. The van der Waals surface area contributed by atoms with Gasteiger partial charge in [-0.3, -0.25) is 9.59 Å². The molecule has 0 bridgehead atoms. The van der Waals surface area contributed by atoms with Crippen LogP contribution in [0.4, 0.5) is 0 Å². The monoisotopic (exact) mass is 548 g/mol. The molecule has 198 valence electrons. The molecule has 0 fully saturated rings. The minimum Gasteiger partial charge on any atom is -0.329 e. The standard InChI is InChI=1S/C32H34Cl2N2O2/c1-23(2)20-31(37)35-19-7-6-10-29(26-13-17-28(34)18-14-26)36(22-25-11-15-27(33)16-12-25)32(38)30(35)21-24-8-4-3-5-9-24/h3-9,11-18,23,29-30H,10,19-22H2,1-2H3/t29-,30-/m0/s1. The van der Waals surface area contributed by atoms with Crippen molar-refractivity contribution in [3.05, 3.63) is 118 Å². The molecule has 0 aliphatic carbocycles. The maximum atomic E-state index is 14.6. The first-order chi connectivity index (χ1) is 18.3. The second kappa shape index (κ2) is 13.1. The molecule has 0 saturated carbocycles. The van der Waals surface area contributed by atoms with Crippen LogP contribution in [0, 0.1) is 5.92 Å². The van der Waals surface area contributed by atoms with E-state index >= 15 is 0 Å². The number of carbonyl (C=O) groups excluding carboxylic acids is 2. The van der Waals surface area contributed by atoms with Crippen LogP contribution in [0.15, 0.2) is 91.0 Å². The summed E-state index contributed by atoms with van der Waals surface area (Å²) in [6, 6.07) is 24.3. The van der Waals surface area contributed by atoms with Gasteiger partial charge in [0.1, 0.15) is 6.04 Å². The first kappa shape index (κ1) is 27.9. The van der Waals surface area contributed by atoms with Gasteiger partial charge in [-0.2, -0.15) is 0 Å². The Morgan fingerprint density at radius 1 is 0.868 bits per heavy atom. The molecule has 1 aliphatic rings. The highest BCUT2D eigenvalue weighted by molar-refractivity contribution is 6.30. The minimum absolute atomic E-state index is 0.00434. The van der Waals surface area contributed by atoms with Crippen LogP contribution in [-0.4, -0.2) is 34.2 Å². The number of carbonyl (C=O) groups is 2. The maximum absolute atomic E-state index is 14.6. The van der Waals surface area contributed by atoms with E-state index in [9.17, 15) is 9.59 Å². The van der Waals surface area contributed by atoms with Gasteiger partial charge in [0.2, 0.25) is 11.8 Å². The van der Waals surface area contributed by atoms with E-state index in [0.29, 0.717) is 42.4 Å². The number of hydrogen-bond donors (Lipinski definition) is 0. The molecule has 3 aromatic rings. The number of rotatable bonds is 7. The first-order valence-corrected chi connectivity index (χ1v) is 13.9. The molecule has 0 aromatic heterocycles. The summed E-state index contributed by atoms with van der Waals surface area (Å²) in [5, 5.41) is 1.30. The average molecular weight is 550 g/mol. The number of benzene rings is 3. The Labute approximate surface area is 235 Å². The molecule has 38 heavy (non-hydrogen) atoms. The number of hydrogen-bond acceptors (Lipinski definition) is 2. The summed E-state index contributed by atoms with van der Waals surface area (Å²) >= 11 is 12.4. The van der Waals surface area contributed by atoms with Crippen molar-refractivity contribution in [3.8, 4) is 0 Å². The van der Waals surface area contributed by atoms with Gasteiger partial charge in [-0.1, -0.05) is 104 Å². The lowest BCUT2D eigenvalue weighted by atomic mass is 9.97. The molecule has 4 nitrogen and oxygen atoms in total. The van der Waals surface area contributed by atoms with Crippen LogP contribution in [0.25, 0.3) is 0 Å². The van der Waals surface area contributed by atoms with Gasteiger partial charge < -0.3 is 9.80 Å². The second-order valence-electron chi connectivity index (χ2n) is 10.2. The molecular weight excluding hydrogens is 515 g/mol. The molecule has 0 radical (unpaired) electrons. The molecule has 0 N–H and O–H groups in total. The summed E-state index contributed by atoms with van der Waals surface area (Å²) in [4.78, 5) is 31.8. The van der Waals surface area contributed by atoms with Gasteiger partial charge in [0.15, 0.2) is 0 Å². The predicted octanol–water partition coefficient (Wildman–Crippen LogP) is 7.51. The van der Waals surface area contributed by atoms with Crippen molar-refractivity contribution in [2.45, 2.75) is 51.7 Å². The third kappa shape index (κ3) is 7.27. The van der Waals surface area contributed by atoms with Gasteiger partial charge in [-0.05, 0) is 53.3 Å². The van der Waals surface area contributed by atoms with E-state index in [2.05, 4.69) is 6.08 Å². The summed E-state index contributed by atoms with van der Waals surface area (Å²) in [6.45, 7) is 4.86. The van der Waals surface area contributed by atoms with Crippen molar-refractivity contribution in [3.63, 3.8) is 0 Å². The summed E-state index contributed by atoms with van der Waals surface area (Å²) in [7, 11) is 0. The van der Waals surface area contributed by atoms with E-state index in [1.165, 1.54) is 0 Å². The Morgan fingerprint density at radius 2 is 1.50 bits per heavy atom. The smallest absolute Gasteiger partial charge is 0.246 e. The van der Waals surface area contributed by atoms with Crippen molar-refractivity contribution < 1.29 is 9.59 Å². The largest absolute Gasteiger partial charge is 0.329 e. The number of halogens is 2. The van der Waals surface area contributed by atoms with E-state index < -0.39 is 6.04 Å². The SMILES string of the molecule is CC(C)CC(=O)N1CC=CC[C@@H](c2ccc(Cl)cc2)N(Cc2ccc(Cl)cc2)C(=O)[C@@H]1Cc1ccccc1. The van der Waals surface area contributed by atoms with Gasteiger partial charge >= 0.3 is 0 Å². The molecule has 1 aliphatic heterocycles. The normalized spacial score (nSPS) is 18.3. The van der Waals surface area contributed by atoms with Crippen LogP contribution in [0.2, 0.25) is 10.0 Å². The minimum atomic E-state index is -0.631. The molecule has 0 spiro atoms. The van der Waals surface area contributed by atoms with Crippen LogP contribution >= 0.6 is 23.2 Å². The van der Waals surface area contributed by atoms with Gasteiger partial charge in [0, 0.05) is 36.0 Å². The van der Waals surface area contributed by atoms with Crippen LogP contribution in [-0.2, 0) is 22.6 Å². The zero-order valence-electron chi connectivity index (χ0n) is 21.9. The van der Waals surface area contributed by atoms with Crippen LogP contribution in [0.3, 0.4) is 0 Å². The third-order valence-electron chi connectivity index (χ3n) is 6.84. The molecule has 0 saturated heterocycles. The maximum Gasteiger partial charge on any atom is 0.246 e. The highest BCUT2D eigenvalue weighted by Gasteiger charge is 2.36. The fraction of sp³-hybridized carbons (Fsp3) is 0.312. The van der Waals surface area contributed by atoms with Gasteiger partial charge in [0.05, 0.1) is 6.04 Å². The summed E-state index contributed by atoms with van der Waals surface area (Å²) in [5.41, 5.74) is 3.00. The Balaban J connectivity index is 1.79. The first-order valence-electron chi connectivity index (χ1n) is 13.1. The van der Waals surface area contributed by atoms with Crippen LogP contribution < -0.4 is 0 Å². The van der Waals surface area contributed by atoms with Gasteiger partial charge in [-0.25, -0.2) is 0 Å². The summed E-state index contributed by atoms with van der Waals surface area (Å²) in [5.74, 6) is 0.124. The highest BCUT2D eigenvalue weighted by atomic mass is 35.5. The van der Waals surface area contributed by atoms with Crippen molar-refractivity contribution in [1.29, 1.82) is 0 Å². The fourth-order valence-electron chi connectivity index (χ4n) is 4.90. The Hall–Kier alpha value is -3.08. The Kier molecular flexibility index (Phi) is 9.65. The molecule has 0 unspecified atom stereocenters. The lowest BCUT2D eigenvalue weighted by molar-refractivity contribution is -0.147. The lowest BCUT2D eigenvalue weighted by Gasteiger charge is -2.38. The predicted molar refractivity (Wildman–Crippen MR) is 155 cm³/mol. The highest BCUT2D eigenvalue weighted by Crippen LogP contribution is 2.31. The third-order valence-corrected chi connectivity index (χ3v) is 7.35. The van der Waals surface area contributed by atoms with E-state index in [-0.39, 0.29) is 23.8 Å². The molecule has 3 aromatic carbocycles. The molecule has 2 amide bonds. The lowest BCUT2D eigenvalue weighted by Crippen LogP contribution is -2.52. The van der Waals surface area contributed by atoms with E-state index in [4.69, 9.17) is 23.2 Å². The van der Waals surface area contributed by atoms with Gasteiger partial charge in [0.25, 0.3) is 0 Å². The summed E-state index contributed by atoms with van der Waals surface area (Å²) < 4.78 is 0. The average Bonchev–Trinajstić information content (AvgIpc) is 2.96. The topological polar surface area (TPSA) is 40.6 Å². The zero-order chi connectivity index (χ0) is 27.1. The zero-order valence-corrected chi connectivity index (χ0v) is 23.4. The molecule has 1 heterocycles. The number of nitrogens with zero attached hydrogens (tertiary/aromatic N) is 2. The van der Waals surface area contributed by atoms with Crippen molar-refractivity contribution in [2.24, 2.45) is 5.92 Å². The Bertz CT molecular complexity index is 1240. The molecular formula is C32H34Cl2N2O2. The fourth-order valence-corrected chi connectivity index (χ4v) is 5.15. The summed E-state index contributed by atoms with van der Waals surface area (Å²) in [6.07, 6.45) is 5.58. The van der Waals surface area contributed by atoms with E-state index in [1.807, 2.05) is 104 Å². The molecule has 4 rings (SSSR count). The van der Waals surface area contributed by atoms with Crippen LogP contribution in [0.1, 0.15) is 49.4 Å². The van der Waals surface area contributed by atoms with Crippen molar-refractivity contribution >= 4 is 35.0 Å². The van der Waals surface area contributed by atoms with Crippen LogP contribution in [0.5, 0.6) is 0 Å². The quantitative estimate of drug-likeness (QED) is 0.286. The molecule has 6 heteroatoms.